The van der Waals surface area contributed by atoms with Gasteiger partial charge >= 0.3 is 5.97 Å². The van der Waals surface area contributed by atoms with E-state index >= 15 is 0 Å². The van der Waals surface area contributed by atoms with Gasteiger partial charge in [0.25, 0.3) is 0 Å². The maximum Gasteiger partial charge on any atom is 0.338 e. The van der Waals surface area contributed by atoms with Crippen LogP contribution in [-0.4, -0.2) is 12.1 Å². The van der Waals surface area contributed by atoms with Crippen LogP contribution in [0.2, 0.25) is 0 Å². The van der Waals surface area contributed by atoms with E-state index < -0.39 is 0 Å². The zero-order valence-electron chi connectivity index (χ0n) is 15.2. The highest BCUT2D eigenvalue weighted by Crippen LogP contribution is 2.66. The Morgan fingerprint density at radius 1 is 1.26 bits per heavy atom. The average Bonchev–Trinajstić information content (AvgIpc) is 2.85. The fourth-order valence-corrected chi connectivity index (χ4v) is 4.28. The number of fused-ring (bicyclic) bond motifs is 2. The van der Waals surface area contributed by atoms with Crippen molar-refractivity contribution < 1.29 is 13.9 Å². The van der Waals surface area contributed by atoms with Gasteiger partial charge in [0.2, 0.25) is 0 Å². The van der Waals surface area contributed by atoms with Crippen molar-refractivity contribution in [3.8, 4) is 0 Å². The first kappa shape index (κ1) is 18.0. The van der Waals surface area contributed by atoms with Crippen LogP contribution in [0.5, 0.6) is 0 Å². The van der Waals surface area contributed by atoms with Crippen molar-refractivity contribution in [3.63, 3.8) is 0 Å². The van der Waals surface area contributed by atoms with Gasteiger partial charge in [-0.25, -0.2) is 9.18 Å². The van der Waals surface area contributed by atoms with Gasteiger partial charge in [-0.3, -0.25) is 0 Å². The van der Waals surface area contributed by atoms with E-state index in [0.717, 1.165) is 12.8 Å². The van der Waals surface area contributed by atoms with Gasteiger partial charge in [0, 0.05) is 5.41 Å². The molecule has 2 bridgehead atoms. The van der Waals surface area contributed by atoms with Crippen molar-refractivity contribution in [3.05, 3.63) is 35.1 Å². The van der Waals surface area contributed by atoms with Crippen LogP contribution in [0.4, 0.5) is 4.39 Å². The second-order valence-electron chi connectivity index (χ2n) is 7.47. The maximum atomic E-state index is 13.3. The smallest absolute Gasteiger partial charge is 0.338 e. The number of hydrogen-bond acceptors (Lipinski definition) is 2. The first-order chi connectivity index (χ1) is 10.8. The Balaban J connectivity index is 0.000000924. The van der Waals surface area contributed by atoms with Crippen LogP contribution in [0.25, 0.3) is 0 Å². The van der Waals surface area contributed by atoms with E-state index in [1.54, 1.807) is 13.0 Å². The molecule has 0 radical (unpaired) electrons. The number of ether oxygens (including phenoxy) is 1. The highest BCUT2D eigenvalue weighted by Gasteiger charge is 2.62. The van der Waals surface area contributed by atoms with Crippen LogP contribution in [0.15, 0.2) is 18.2 Å². The summed E-state index contributed by atoms with van der Waals surface area (Å²) < 4.78 is 19.1. The molecule has 2 aliphatic carbocycles. The zero-order chi connectivity index (χ0) is 17.4. The summed E-state index contributed by atoms with van der Waals surface area (Å²) in [4.78, 5) is 12.3. The topological polar surface area (TPSA) is 26.3 Å². The van der Waals surface area contributed by atoms with Crippen molar-refractivity contribution in [2.45, 2.75) is 66.9 Å². The lowest BCUT2D eigenvalue weighted by atomic mass is 9.70. The molecule has 0 saturated heterocycles. The first-order valence-corrected chi connectivity index (χ1v) is 8.73. The lowest BCUT2D eigenvalue weighted by molar-refractivity contribution is -0.0242. The molecule has 0 spiro atoms. The van der Waals surface area contributed by atoms with Crippen LogP contribution in [-0.2, 0) is 4.74 Å². The number of carbonyl (C=O) groups is 1. The van der Waals surface area contributed by atoms with Gasteiger partial charge in [-0.15, -0.1) is 0 Å². The summed E-state index contributed by atoms with van der Waals surface area (Å²) in [7, 11) is 0. The van der Waals surface area contributed by atoms with Gasteiger partial charge in [-0.2, -0.15) is 0 Å². The Morgan fingerprint density at radius 2 is 1.91 bits per heavy atom. The highest BCUT2D eigenvalue weighted by molar-refractivity contribution is 5.89. The van der Waals surface area contributed by atoms with Gasteiger partial charge in [-0.05, 0) is 61.3 Å². The summed E-state index contributed by atoms with van der Waals surface area (Å²) in [6.45, 7) is 12.5. The third kappa shape index (κ3) is 2.79. The molecule has 3 atom stereocenters. The molecule has 0 N–H and O–H groups in total. The number of hydrogen-bond donors (Lipinski definition) is 0. The predicted octanol–water partition coefficient (Wildman–Crippen LogP) is 5.53. The molecule has 3 rings (SSSR count). The molecular formula is C20H29FO2. The predicted molar refractivity (Wildman–Crippen MR) is 90.9 cm³/mol. The third-order valence-electron chi connectivity index (χ3n) is 6.36. The van der Waals surface area contributed by atoms with E-state index in [0.29, 0.717) is 17.0 Å². The lowest BCUT2D eigenvalue weighted by Crippen LogP contribution is -2.38. The summed E-state index contributed by atoms with van der Waals surface area (Å²) >= 11 is 0. The van der Waals surface area contributed by atoms with Crippen molar-refractivity contribution in [2.24, 2.45) is 16.7 Å². The normalized spacial score (nSPS) is 30.6. The summed E-state index contributed by atoms with van der Waals surface area (Å²) in [5.74, 6) is 0.0162. The largest absolute Gasteiger partial charge is 0.458 e. The quantitative estimate of drug-likeness (QED) is 0.669. The number of rotatable bonds is 2. The van der Waals surface area contributed by atoms with Crippen molar-refractivity contribution in [1.82, 2.24) is 0 Å². The molecule has 3 heteroatoms. The minimum Gasteiger partial charge on any atom is -0.458 e. The molecule has 0 aliphatic heterocycles. The standard InChI is InChI=1S/C18H23FO2.C2H6/c1-11-9-12(5-6-14(11)19)16(20)21-15-10-13-7-8-18(15,4)17(13,2)3;1-2/h5-6,9,13,15H,7-8,10H2,1-4H3;1-2H3. The van der Waals surface area contributed by atoms with Gasteiger partial charge < -0.3 is 4.74 Å². The molecule has 2 nitrogen and oxygen atoms in total. The van der Waals surface area contributed by atoms with Crippen molar-refractivity contribution in [2.75, 3.05) is 0 Å². The van der Waals surface area contributed by atoms with E-state index in [1.165, 1.54) is 18.6 Å². The van der Waals surface area contributed by atoms with E-state index in [4.69, 9.17) is 4.74 Å². The second kappa shape index (κ2) is 6.26. The molecule has 2 saturated carbocycles. The van der Waals surface area contributed by atoms with Gasteiger partial charge in [0.1, 0.15) is 11.9 Å². The number of carbonyl (C=O) groups excluding carboxylic acids is 1. The molecule has 0 amide bonds. The Hall–Kier alpha value is -1.38. The summed E-state index contributed by atoms with van der Waals surface area (Å²) in [5.41, 5.74) is 1.20. The lowest BCUT2D eigenvalue weighted by Gasteiger charge is -2.38. The Kier molecular flexibility index (Phi) is 4.89. The summed E-state index contributed by atoms with van der Waals surface area (Å²) in [6.07, 6.45) is 3.28. The Bertz CT molecular complexity index is 593. The maximum absolute atomic E-state index is 13.3. The Morgan fingerprint density at radius 3 is 2.39 bits per heavy atom. The number of aryl methyl sites for hydroxylation is 1. The fraction of sp³-hybridized carbons (Fsp3) is 0.650. The van der Waals surface area contributed by atoms with Crippen molar-refractivity contribution >= 4 is 5.97 Å². The van der Waals surface area contributed by atoms with Gasteiger partial charge in [0.05, 0.1) is 5.56 Å². The minimum absolute atomic E-state index is 0.0240. The molecule has 128 valence electrons. The van der Waals surface area contributed by atoms with Gasteiger partial charge in [-0.1, -0.05) is 34.6 Å². The Labute approximate surface area is 139 Å². The van der Waals surface area contributed by atoms with Crippen LogP contribution in [0, 0.1) is 29.5 Å². The SMILES string of the molecule is CC.Cc1cc(C(=O)OC2CC3CCC2(C)C3(C)C)ccc1F. The summed E-state index contributed by atoms with van der Waals surface area (Å²) in [5, 5.41) is 0. The van der Waals surface area contributed by atoms with E-state index in [1.807, 2.05) is 13.8 Å². The summed E-state index contributed by atoms with van der Waals surface area (Å²) in [6, 6.07) is 4.40. The molecule has 1 aromatic rings. The van der Waals surface area contributed by atoms with Crippen LogP contribution < -0.4 is 0 Å². The molecule has 23 heavy (non-hydrogen) atoms. The number of esters is 1. The third-order valence-corrected chi connectivity index (χ3v) is 6.36. The highest BCUT2D eigenvalue weighted by atomic mass is 19.1. The van der Waals surface area contributed by atoms with Crippen molar-refractivity contribution in [1.29, 1.82) is 0 Å². The number of benzene rings is 1. The molecule has 0 heterocycles. The average molecular weight is 320 g/mol. The molecule has 2 fully saturated rings. The van der Waals surface area contributed by atoms with Crippen LogP contribution >= 0.6 is 0 Å². The van der Waals surface area contributed by atoms with E-state index in [2.05, 4.69) is 20.8 Å². The second-order valence-corrected chi connectivity index (χ2v) is 7.47. The molecule has 2 aliphatic rings. The minimum atomic E-state index is -0.326. The molecule has 1 aromatic carbocycles. The first-order valence-electron chi connectivity index (χ1n) is 8.73. The molecule has 3 unspecified atom stereocenters. The van der Waals surface area contributed by atoms with E-state index in [9.17, 15) is 9.18 Å². The monoisotopic (exact) mass is 320 g/mol. The molecular weight excluding hydrogens is 291 g/mol. The van der Waals surface area contributed by atoms with Gasteiger partial charge in [0.15, 0.2) is 0 Å². The van der Waals surface area contributed by atoms with E-state index in [-0.39, 0.29) is 28.7 Å². The molecule has 0 aromatic heterocycles. The van der Waals surface area contributed by atoms with Crippen LogP contribution in [0.1, 0.15) is 69.8 Å². The van der Waals surface area contributed by atoms with Crippen LogP contribution in [0.3, 0.4) is 0 Å². The zero-order valence-corrected chi connectivity index (χ0v) is 15.2. The fourth-order valence-electron chi connectivity index (χ4n) is 4.28. The number of halogens is 1.